The molecule has 0 aliphatic heterocycles. The first-order valence-electron chi connectivity index (χ1n) is 6.70. The molecule has 0 saturated heterocycles. The van der Waals surface area contributed by atoms with E-state index in [9.17, 15) is 13.5 Å². The summed E-state index contributed by atoms with van der Waals surface area (Å²) in [4.78, 5) is 0. The van der Waals surface area contributed by atoms with Crippen LogP contribution in [-0.4, -0.2) is 26.2 Å². The van der Waals surface area contributed by atoms with Crippen LogP contribution in [0, 0.1) is 5.41 Å². The van der Waals surface area contributed by atoms with Gasteiger partial charge < -0.3 is 5.11 Å². The molecule has 2 rings (SSSR count). The Morgan fingerprint density at radius 3 is 2.80 bits per heavy atom. The van der Waals surface area contributed by atoms with E-state index in [1.165, 1.54) is 0 Å². The fourth-order valence-corrected chi connectivity index (χ4v) is 4.56. The quantitative estimate of drug-likeness (QED) is 0.875. The maximum atomic E-state index is 12.3. The molecule has 4 nitrogen and oxygen atoms in total. The van der Waals surface area contributed by atoms with E-state index in [2.05, 4.69) is 4.72 Å². The van der Waals surface area contributed by atoms with Crippen LogP contribution < -0.4 is 4.72 Å². The van der Waals surface area contributed by atoms with Crippen LogP contribution >= 0.6 is 11.6 Å². The van der Waals surface area contributed by atoms with Crippen molar-refractivity contribution < 1.29 is 13.5 Å². The molecule has 6 heteroatoms. The molecule has 20 heavy (non-hydrogen) atoms. The lowest BCUT2D eigenvalue weighted by molar-refractivity contribution is 0.127. The van der Waals surface area contributed by atoms with Crippen LogP contribution in [-0.2, 0) is 15.8 Å². The van der Waals surface area contributed by atoms with E-state index in [4.69, 9.17) is 11.6 Å². The molecule has 0 amide bonds. The highest BCUT2D eigenvalue weighted by atomic mass is 35.5. The molecule has 1 aliphatic rings. The fourth-order valence-electron chi connectivity index (χ4n) is 2.70. The second-order valence-electron chi connectivity index (χ2n) is 5.73. The SMILES string of the molecule is CC1(CO)CCCC1NS(=O)(=O)Cc1ccccc1Cl. The summed E-state index contributed by atoms with van der Waals surface area (Å²) >= 11 is 6.00. The van der Waals surface area contributed by atoms with E-state index < -0.39 is 10.0 Å². The van der Waals surface area contributed by atoms with Crippen molar-refractivity contribution in [2.45, 2.75) is 38.0 Å². The van der Waals surface area contributed by atoms with Crippen molar-refractivity contribution >= 4 is 21.6 Å². The van der Waals surface area contributed by atoms with Crippen LogP contribution in [0.3, 0.4) is 0 Å². The first-order valence-corrected chi connectivity index (χ1v) is 8.74. The number of aliphatic hydroxyl groups excluding tert-OH is 1. The first kappa shape index (κ1) is 15.8. The zero-order valence-corrected chi connectivity index (χ0v) is 13.0. The van der Waals surface area contributed by atoms with Gasteiger partial charge in [0.15, 0.2) is 0 Å². The van der Waals surface area contributed by atoms with Gasteiger partial charge in [-0.05, 0) is 24.5 Å². The molecule has 1 fully saturated rings. The van der Waals surface area contributed by atoms with Crippen molar-refractivity contribution in [2.24, 2.45) is 5.41 Å². The summed E-state index contributed by atoms with van der Waals surface area (Å²) in [6.45, 7) is 1.91. The van der Waals surface area contributed by atoms with Crippen LogP contribution in [0.2, 0.25) is 5.02 Å². The molecule has 1 aromatic rings. The fraction of sp³-hybridized carbons (Fsp3) is 0.571. The predicted octanol–water partition coefficient (Wildman–Crippen LogP) is 2.31. The molecule has 0 aromatic heterocycles. The van der Waals surface area contributed by atoms with Crippen LogP contribution in [0.25, 0.3) is 0 Å². The van der Waals surface area contributed by atoms with Crippen LogP contribution in [0.4, 0.5) is 0 Å². The molecule has 2 unspecified atom stereocenters. The minimum Gasteiger partial charge on any atom is -0.396 e. The lowest BCUT2D eigenvalue weighted by Crippen LogP contribution is -2.45. The van der Waals surface area contributed by atoms with E-state index in [-0.39, 0.29) is 23.8 Å². The Morgan fingerprint density at radius 2 is 2.15 bits per heavy atom. The summed E-state index contributed by atoms with van der Waals surface area (Å²) in [6.07, 6.45) is 2.53. The molecule has 1 aliphatic carbocycles. The predicted molar refractivity (Wildman–Crippen MR) is 80.0 cm³/mol. The van der Waals surface area contributed by atoms with E-state index in [0.717, 1.165) is 19.3 Å². The largest absolute Gasteiger partial charge is 0.396 e. The van der Waals surface area contributed by atoms with E-state index in [1.54, 1.807) is 24.3 Å². The van der Waals surface area contributed by atoms with Gasteiger partial charge in [-0.15, -0.1) is 0 Å². The Kier molecular flexibility index (Phi) is 4.74. The monoisotopic (exact) mass is 317 g/mol. The average molecular weight is 318 g/mol. The van der Waals surface area contributed by atoms with Crippen molar-refractivity contribution in [2.75, 3.05) is 6.61 Å². The number of hydrogen-bond acceptors (Lipinski definition) is 3. The highest BCUT2D eigenvalue weighted by Crippen LogP contribution is 2.37. The smallest absolute Gasteiger partial charge is 0.216 e. The second-order valence-corrected chi connectivity index (χ2v) is 7.89. The van der Waals surface area contributed by atoms with Crippen LogP contribution in [0.15, 0.2) is 24.3 Å². The summed E-state index contributed by atoms with van der Waals surface area (Å²) in [5.41, 5.74) is 0.221. The minimum atomic E-state index is -3.47. The maximum Gasteiger partial charge on any atom is 0.216 e. The van der Waals surface area contributed by atoms with Crippen molar-refractivity contribution in [3.05, 3.63) is 34.9 Å². The molecule has 0 radical (unpaired) electrons. The molecule has 0 heterocycles. The third-order valence-corrected chi connectivity index (χ3v) is 5.77. The van der Waals surface area contributed by atoms with Gasteiger partial charge in [-0.3, -0.25) is 0 Å². The van der Waals surface area contributed by atoms with Gasteiger partial charge in [0, 0.05) is 23.1 Å². The number of halogens is 1. The van der Waals surface area contributed by atoms with Crippen LogP contribution in [0.5, 0.6) is 0 Å². The average Bonchev–Trinajstić information content (AvgIpc) is 2.74. The Balaban J connectivity index is 2.10. The van der Waals surface area contributed by atoms with Gasteiger partial charge in [0.05, 0.1) is 5.75 Å². The third kappa shape index (κ3) is 3.52. The zero-order chi connectivity index (χ0) is 14.8. The van der Waals surface area contributed by atoms with E-state index >= 15 is 0 Å². The highest BCUT2D eigenvalue weighted by Gasteiger charge is 2.40. The number of sulfonamides is 1. The van der Waals surface area contributed by atoms with Gasteiger partial charge in [-0.25, -0.2) is 13.1 Å². The highest BCUT2D eigenvalue weighted by molar-refractivity contribution is 7.88. The van der Waals surface area contributed by atoms with E-state index in [0.29, 0.717) is 10.6 Å². The number of benzene rings is 1. The molecular formula is C14H20ClNO3S. The van der Waals surface area contributed by atoms with Crippen molar-refractivity contribution in [1.29, 1.82) is 0 Å². The Hall–Kier alpha value is -0.620. The normalized spacial score (nSPS) is 26.9. The van der Waals surface area contributed by atoms with Gasteiger partial charge in [-0.1, -0.05) is 43.1 Å². The third-order valence-electron chi connectivity index (χ3n) is 4.07. The van der Waals surface area contributed by atoms with E-state index in [1.807, 2.05) is 6.92 Å². The molecular weight excluding hydrogens is 298 g/mol. The number of nitrogens with one attached hydrogen (secondary N) is 1. The maximum absolute atomic E-state index is 12.3. The Labute approximate surface area is 125 Å². The Bertz CT molecular complexity index is 576. The lowest BCUT2D eigenvalue weighted by atomic mass is 9.86. The van der Waals surface area contributed by atoms with Gasteiger partial charge in [0.2, 0.25) is 10.0 Å². The zero-order valence-electron chi connectivity index (χ0n) is 11.5. The summed E-state index contributed by atoms with van der Waals surface area (Å²) in [5, 5.41) is 9.92. The summed E-state index contributed by atoms with van der Waals surface area (Å²) in [6, 6.07) is 6.72. The first-order chi connectivity index (χ1) is 9.36. The van der Waals surface area contributed by atoms with Gasteiger partial charge in [-0.2, -0.15) is 0 Å². The Morgan fingerprint density at radius 1 is 1.45 bits per heavy atom. The summed E-state index contributed by atoms with van der Waals surface area (Å²) in [7, 11) is -3.47. The minimum absolute atomic E-state index is 0.00766. The van der Waals surface area contributed by atoms with Gasteiger partial charge in [0.1, 0.15) is 0 Å². The second kappa shape index (κ2) is 6.02. The van der Waals surface area contributed by atoms with Crippen molar-refractivity contribution in [3.63, 3.8) is 0 Å². The standard InChI is InChI=1S/C14H20ClNO3S/c1-14(10-17)8-4-7-13(14)16-20(18,19)9-11-5-2-3-6-12(11)15/h2-3,5-6,13,16-17H,4,7-10H2,1H3. The number of rotatable bonds is 5. The molecule has 2 N–H and O–H groups in total. The van der Waals surface area contributed by atoms with Crippen molar-refractivity contribution in [1.82, 2.24) is 4.72 Å². The topological polar surface area (TPSA) is 66.4 Å². The van der Waals surface area contributed by atoms with Crippen LogP contribution in [0.1, 0.15) is 31.7 Å². The van der Waals surface area contributed by atoms with Gasteiger partial charge >= 0.3 is 0 Å². The summed E-state index contributed by atoms with van der Waals surface area (Å²) in [5.74, 6) is -0.134. The van der Waals surface area contributed by atoms with Gasteiger partial charge in [0.25, 0.3) is 0 Å². The molecule has 2 atom stereocenters. The summed E-state index contributed by atoms with van der Waals surface area (Å²) < 4.78 is 27.2. The number of hydrogen-bond donors (Lipinski definition) is 2. The molecule has 0 bridgehead atoms. The molecule has 0 spiro atoms. The number of aliphatic hydroxyl groups is 1. The molecule has 1 saturated carbocycles. The molecule has 1 aromatic carbocycles. The lowest BCUT2D eigenvalue weighted by Gasteiger charge is -2.29. The van der Waals surface area contributed by atoms with Crippen molar-refractivity contribution in [3.8, 4) is 0 Å². The molecule has 112 valence electrons.